The minimum absolute atomic E-state index is 0. The van der Waals surface area contributed by atoms with E-state index in [0.29, 0.717) is 0 Å². The van der Waals surface area contributed by atoms with Crippen LogP contribution in [0.25, 0.3) is 0 Å². The Balaban J connectivity index is 0. The molecule has 2 heteroatoms. The van der Waals surface area contributed by atoms with Crippen LogP contribution in [0, 0.1) is 0 Å². The van der Waals surface area contributed by atoms with Crippen molar-refractivity contribution in [3.8, 4) is 0 Å². The van der Waals surface area contributed by atoms with Gasteiger partial charge in [0.2, 0.25) is 0 Å². The van der Waals surface area contributed by atoms with Crippen molar-refractivity contribution in [1.82, 2.24) is 0 Å². The molecule has 0 saturated heterocycles. The van der Waals surface area contributed by atoms with Gasteiger partial charge in [-0.2, -0.15) is 19.6 Å². The third-order valence-corrected chi connectivity index (χ3v) is 0. The summed E-state index contributed by atoms with van der Waals surface area (Å²) in [7, 11) is 0.120. The van der Waals surface area contributed by atoms with E-state index in [1.165, 1.54) is 0 Å². The Morgan fingerprint density at radius 1 is 1.00 bits per heavy atom. The minimum Gasteiger partial charge on any atom is -0.271 e. The summed E-state index contributed by atoms with van der Waals surface area (Å²) in [6, 6.07) is 0. The van der Waals surface area contributed by atoms with Crippen LogP contribution in [0.3, 0.4) is 0 Å². The first-order chi connectivity index (χ1) is 1.73. The van der Waals surface area contributed by atoms with Gasteiger partial charge in [0, 0.05) is 0 Å². The molecule has 0 heterocycles. The van der Waals surface area contributed by atoms with Crippen LogP contribution in [0.4, 0.5) is 0 Å². The fourth-order valence-electron chi connectivity index (χ4n) is 0. The molecule has 0 saturated carbocycles. The summed E-state index contributed by atoms with van der Waals surface area (Å²) in [5, 5.41) is 0. The van der Waals surface area contributed by atoms with E-state index in [1.54, 1.807) is 0 Å². The second-order valence-electron chi connectivity index (χ2n) is 1.50. The molecule has 0 rings (SSSR count). The van der Waals surface area contributed by atoms with Crippen LogP contribution in [-0.2, 0) is 0 Å². The molecule has 0 unspecified atom stereocenters. The first kappa shape index (κ1) is 9.26. The van der Waals surface area contributed by atoms with Crippen molar-refractivity contribution in [2.24, 2.45) is 0 Å². The molecule has 0 aliphatic rings. The van der Waals surface area contributed by atoms with Gasteiger partial charge >= 0.3 is 18.9 Å². The fourth-order valence-corrected chi connectivity index (χ4v) is 0. The van der Waals surface area contributed by atoms with Crippen LogP contribution >= 0.6 is 0 Å². The molecular formula is C3H9LiSi. The molecule has 26 valence electrons. The summed E-state index contributed by atoms with van der Waals surface area (Å²) in [5.41, 5.74) is 0. The fraction of sp³-hybridized carbons (Fsp3) is 1.00. The zero-order chi connectivity index (χ0) is 3.58. The van der Waals surface area contributed by atoms with Crippen LogP contribution in [0.15, 0.2) is 0 Å². The van der Waals surface area contributed by atoms with Crippen molar-refractivity contribution >= 4 is 8.80 Å². The summed E-state index contributed by atoms with van der Waals surface area (Å²) in [4.78, 5) is 0. The maximum absolute atomic E-state index is 2.27. The molecule has 0 radical (unpaired) electrons. The summed E-state index contributed by atoms with van der Waals surface area (Å²) in [6.45, 7) is 6.81. The van der Waals surface area contributed by atoms with Crippen LogP contribution in [0.2, 0.25) is 19.6 Å². The second-order valence-corrected chi connectivity index (χ2v) is 4.50. The van der Waals surface area contributed by atoms with E-state index in [-0.39, 0.29) is 27.7 Å². The molecule has 0 aliphatic carbocycles. The topological polar surface area (TPSA) is 0 Å². The number of hydrogen-bond acceptors (Lipinski definition) is 0. The Morgan fingerprint density at radius 2 is 1.00 bits per heavy atom. The van der Waals surface area contributed by atoms with E-state index in [9.17, 15) is 0 Å². The van der Waals surface area contributed by atoms with Gasteiger partial charge in [-0.1, -0.05) is 0 Å². The van der Waals surface area contributed by atoms with Crippen molar-refractivity contribution in [3.63, 3.8) is 0 Å². The summed E-state index contributed by atoms with van der Waals surface area (Å²) >= 11 is 0. The Morgan fingerprint density at radius 3 is 1.00 bits per heavy atom. The van der Waals surface area contributed by atoms with E-state index in [4.69, 9.17) is 0 Å². The maximum atomic E-state index is 2.27. The molecule has 0 aliphatic heterocycles. The predicted octanol–water partition coefficient (Wildman–Crippen LogP) is -1.63. The molecule has 0 aromatic heterocycles. The molecule has 0 nitrogen and oxygen atoms in total. The average molecular weight is 80.1 g/mol. The van der Waals surface area contributed by atoms with E-state index >= 15 is 0 Å². The second kappa shape index (κ2) is 4.81. The third-order valence-electron chi connectivity index (χ3n) is 0. The van der Waals surface area contributed by atoms with Gasteiger partial charge in [0.25, 0.3) is 0 Å². The predicted molar refractivity (Wildman–Crippen MR) is 23.3 cm³/mol. The largest absolute Gasteiger partial charge is 1.00 e. The Hall–Kier alpha value is 0.814. The summed E-state index contributed by atoms with van der Waals surface area (Å²) in [5.74, 6) is 0. The van der Waals surface area contributed by atoms with Crippen molar-refractivity contribution < 1.29 is 18.9 Å². The van der Waals surface area contributed by atoms with Gasteiger partial charge in [0.1, 0.15) is 0 Å². The minimum atomic E-state index is 0. The monoisotopic (exact) mass is 80.1 g/mol. The average Bonchev–Trinajstić information content (AvgIpc) is 0.811. The van der Waals surface area contributed by atoms with Crippen molar-refractivity contribution in [3.05, 3.63) is 0 Å². The van der Waals surface area contributed by atoms with E-state index in [1.807, 2.05) is 0 Å². The van der Waals surface area contributed by atoms with Crippen LogP contribution in [0.5, 0.6) is 0 Å². The van der Waals surface area contributed by atoms with E-state index < -0.39 is 0 Å². The van der Waals surface area contributed by atoms with E-state index in [0.717, 1.165) is 0 Å². The summed E-state index contributed by atoms with van der Waals surface area (Å²) in [6.07, 6.45) is 0. The Kier molecular flexibility index (Phi) is 8.92. The van der Waals surface area contributed by atoms with Crippen LogP contribution in [0.1, 0.15) is 0 Å². The smallest absolute Gasteiger partial charge is 0.271 e. The molecule has 0 spiro atoms. The van der Waals surface area contributed by atoms with Crippen LogP contribution in [-0.4, -0.2) is 8.80 Å². The Labute approximate surface area is 47.7 Å². The first-order valence-corrected chi connectivity index (χ1v) is 4.50. The van der Waals surface area contributed by atoms with Crippen LogP contribution < -0.4 is 18.9 Å². The van der Waals surface area contributed by atoms with Gasteiger partial charge in [-0.15, -0.1) is 0 Å². The quantitative estimate of drug-likeness (QED) is 0.307. The van der Waals surface area contributed by atoms with E-state index in [2.05, 4.69) is 19.6 Å². The van der Waals surface area contributed by atoms with Crippen molar-refractivity contribution in [2.45, 2.75) is 19.6 Å². The van der Waals surface area contributed by atoms with Gasteiger partial charge in [-0.3, -0.25) is 8.80 Å². The zero-order valence-corrected chi connectivity index (χ0v) is 5.50. The Bertz CT molecular complexity index is 11.6. The van der Waals surface area contributed by atoms with Crippen molar-refractivity contribution in [1.29, 1.82) is 0 Å². The van der Waals surface area contributed by atoms with Gasteiger partial charge in [0.15, 0.2) is 0 Å². The number of rotatable bonds is 0. The molecule has 0 bridgehead atoms. The molecule has 0 aromatic carbocycles. The normalized spacial score (nSPS) is 7.20. The maximum Gasteiger partial charge on any atom is 1.00 e. The van der Waals surface area contributed by atoms with Gasteiger partial charge in [-0.05, 0) is 0 Å². The zero-order valence-electron chi connectivity index (χ0n) is 4.50. The molecule has 0 aromatic rings. The van der Waals surface area contributed by atoms with Gasteiger partial charge in [-0.25, -0.2) is 0 Å². The first-order valence-electron chi connectivity index (χ1n) is 1.50. The molecular weight excluding hydrogens is 71.1 g/mol. The van der Waals surface area contributed by atoms with Crippen molar-refractivity contribution in [2.75, 3.05) is 0 Å². The van der Waals surface area contributed by atoms with Gasteiger partial charge in [0.05, 0.1) is 0 Å². The number of hydrogen-bond donors (Lipinski definition) is 0. The standard InChI is InChI=1S/C3H9Si.Li/c1-4(2)3;/h1-3H3;/q-1;+1. The third kappa shape index (κ3) is 57.5. The molecule has 0 fully saturated rings. The summed E-state index contributed by atoms with van der Waals surface area (Å²) < 4.78 is 0. The molecule has 0 N–H and O–H groups in total. The van der Waals surface area contributed by atoms with Gasteiger partial charge < -0.3 is 0 Å². The molecule has 0 atom stereocenters. The molecule has 5 heavy (non-hydrogen) atoms. The SMILES string of the molecule is C[Si-](C)C.[Li+]. The molecule has 0 amide bonds.